The highest BCUT2D eigenvalue weighted by atomic mass is 35.5. The van der Waals surface area contributed by atoms with Crippen LogP contribution in [-0.4, -0.2) is 34.3 Å². The van der Waals surface area contributed by atoms with E-state index in [1.807, 2.05) is 6.92 Å². The number of hydrogen-bond acceptors (Lipinski definition) is 5. The molecule has 0 saturated carbocycles. The van der Waals surface area contributed by atoms with Crippen LogP contribution in [0.1, 0.15) is 34.1 Å². The van der Waals surface area contributed by atoms with Crippen molar-refractivity contribution in [3.63, 3.8) is 0 Å². The molecule has 0 aliphatic carbocycles. The summed E-state index contributed by atoms with van der Waals surface area (Å²) in [4.78, 5) is 21.8. The molecule has 0 aromatic carbocycles. The van der Waals surface area contributed by atoms with Crippen LogP contribution < -0.4 is 9.64 Å². The Hall–Kier alpha value is -1.27. The molecule has 0 radical (unpaired) electrons. The maximum absolute atomic E-state index is 12.5. The summed E-state index contributed by atoms with van der Waals surface area (Å²) in [5.41, 5.74) is -0.617. The number of aromatic nitrogens is 2. The van der Waals surface area contributed by atoms with Gasteiger partial charge >= 0.3 is 6.09 Å². The molecule has 1 aromatic rings. The second-order valence-electron chi connectivity index (χ2n) is 5.66. The van der Waals surface area contributed by atoms with E-state index in [1.165, 1.54) is 4.90 Å². The summed E-state index contributed by atoms with van der Waals surface area (Å²) in [6.45, 7) is 7.64. The monoisotopic (exact) mass is 333 g/mol. The van der Waals surface area contributed by atoms with Gasteiger partial charge in [0.15, 0.2) is 16.7 Å². The molecule has 0 N–H and O–H groups in total. The van der Waals surface area contributed by atoms with Gasteiger partial charge in [0, 0.05) is 0 Å². The van der Waals surface area contributed by atoms with Crippen molar-refractivity contribution in [2.75, 3.05) is 11.5 Å². The molecule has 6 nitrogen and oxygen atoms in total. The Labute approximate surface area is 133 Å². The number of nitrogens with zero attached hydrogens (tertiary/aromatic N) is 3. The molecule has 8 heteroatoms. The molecule has 1 amide bonds. The Bertz CT molecular complexity index is 560. The van der Waals surface area contributed by atoms with E-state index >= 15 is 0 Å². The summed E-state index contributed by atoms with van der Waals surface area (Å²) in [6.07, 6.45) is 0.169. The van der Waals surface area contributed by atoms with Crippen molar-refractivity contribution in [3.8, 4) is 5.75 Å². The minimum Gasteiger partial charge on any atom is -0.485 e. The first-order valence-electron chi connectivity index (χ1n) is 6.61. The Morgan fingerprint density at radius 2 is 2.10 bits per heavy atom. The Balaban J connectivity index is 2.45. The van der Waals surface area contributed by atoms with Crippen LogP contribution in [0.2, 0.25) is 10.4 Å². The van der Waals surface area contributed by atoms with Crippen LogP contribution in [0, 0.1) is 0 Å². The van der Waals surface area contributed by atoms with Crippen LogP contribution >= 0.6 is 23.2 Å². The Kier molecular flexibility index (Phi) is 4.49. The molecule has 1 aliphatic rings. The van der Waals surface area contributed by atoms with Crippen LogP contribution in [0.15, 0.2) is 0 Å². The van der Waals surface area contributed by atoms with Gasteiger partial charge in [0.1, 0.15) is 12.2 Å². The van der Waals surface area contributed by atoms with E-state index in [0.29, 0.717) is 13.0 Å². The van der Waals surface area contributed by atoms with Gasteiger partial charge in [-0.15, -0.1) is 0 Å². The predicted molar refractivity (Wildman–Crippen MR) is 80.3 cm³/mol. The summed E-state index contributed by atoms with van der Waals surface area (Å²) in [6, 6.07) is -0.200. The van der Waals surface area contributed by atoms with Crippen LogP contribution in [0.3, 0.4) is 0 Å². The number of rotatable bonds is 1. The zero-order chi connectivity index (χ0) is 15.8. The van der Waals surface area contributed by atoms with Crippen molar-refractivity contribution in [3.05, 3.63) is 10.4 Å². The summed E-state index contributed by atoms with van der Waals surface area (Å²) in [5, 5.41) is 0.0285. The number of fused-ring (bicyclic) bond motifs is 1. The molecule has 1 aliphatic heterocycles. The van der Waals surface area contributed by atoms with Crippen molar-refractivity contribution in [1.29, 1.82) is 0 Å². The summed E-state index contributed by atoms with van der Waals surface area (Å²) < 4.78 is 11.0. The SMILES string of the molecule is CC[C@@H]1COc2c(Cl)nc(Cl)nc2N1C(=O)OC(C)(C)C. The number of carbonyl (C=O) groups is 1. The van der Waals surface area contributed by atoms with Gasteiger partial charge in [0.05, 0.1) is 6.04 Å². The first kappa shape index (κ1) is 16.1. The highest BCUT2D eigenvalue weighted by Gasteiger charge is 2.37. The maximum atomic E-state index is 12.5. The topological polar surface area (TPSA) is 64.6 Å². The average Bonchev–Trinajstić information content (AvgIpc) is 2.34. The van der Waals surface area contributed by atoms with Crippen molar-refractivity contribution < 1.29 is 14.3 Å². The highest BCUT2D eigenvalue weighted by Crippen LogP contribution is 2.39. The van der Waals surface area contributed by atoms with Gasteiger partial charge < -0.3 is 9.47 Å². The lowest BCUT2D eigenvalue weighted by molar-refractivity contribution is 0.0539. The fourth-order valence-electron chi connectivity index (χ4n) is 1.95. The number of amides is 1. The first-order valence-corrected chi connectivity index (χ1v) is 7.36. The highest BCUT2D eigenvalue weighted by molar-refractivity contribution is 6.33. The molecule has 1 aromatic heterocycles. The average molecular weight is 334 g/mol. The van der Waals surface area contributed by atoms with E-state index in [0.717, 1.165) is 0 Å². The standard InChI is InChI=1S/C13H17Cl2N3O3/c1-5-7-6-20-8-9(14)16-11(15)17-10(8)18(7)12(19)21-13(2,3)4/h7H,5-6H2,1-4H3/t7-/m1/s1. The van der Waals surface area contributed by atoms with Gasteiger partial charge in [-0.05, 0) is 38.8 Å². The normalized spacial score (nSPS) is 18.0. The molecule has 2 rings (SSSR count). The molecule has 0 bridgehead atoms. The smallest absolute Gasteiger partial charge is 0.416 e. The predicted octanol–water partition coefficient (Wildman–Crippen LogP) is 3.70. The molecule has 0 unspecified atom stereocenters. The lowest BCUT2D eigenvalue weighted by atomic mass is 10.1. The van der Waals surface area contributed by atoms with E-state index in [9.17, 15) is 4.79 Å². The number of carbonyl (C=O) groups excluding carboxylic acids is 1. The third-order valence-electron chi connectivity index (χ3n) is 2.85. The molecule has 116 valence electrons. The Morgan fingerprint density at radius 1 is 1.43 bits per heavy atom. The van der Waals surface area contributed by atoms with Crippen LogP contribution in [0.5, 0.6) is 5.75 Å². The minimum absolute atomic E-state index is 0.0485. The summed E-state index contributed by atoms with van der Waals surface area (Å²) in [5.74, 6) is 0.490. The zero-order valence-electron chi connectivity index (χ0n) is 12.3. The number of hydrogen-bond donors (Lipinski definition) is 0. The van der Waals surface area contributed by atoms with Crippen molar-refractivity contribution >= 4 is 35.1 Å². The van der Waals surface area contributed by atoms with Gasteiger partial charge in [-0.3, -0.25) is 4.90 Å². The van der Waals surface area contributed by atoms with Gasteiger partial charge in [-0.1, -0.05) is 18.5 Å². The summed E-state index contributed by atoms with van der Waals surface area (Å²) >= 11 is 11.8. The van der Waals surface area contributed by atoms with Gasteiger partial charge in [-0.2, -0.15) is 4.98 Å². The first-order chi connectivity index (χ1) is 9.73. The van der Waals surface area contributed by atoms with Crippen LogP contribution in [-0.2, 0) is 4.74 Å². The van der Waals surface area contributed by atoms with Crippen LogP contribution in [0.25, 0.3) is 0 Å². The second kappa shape index (κ2) is 5.85. The lowest BCUT2D eigenvalue weighted by Gasteiger charge is -2.36. The van der Waals surface area contributed by atoms with Crippen molar-refractivity contribution in [1.82, 2.24) is 9.97 Å². The quantitative estimate of drug-likeness (QED) is 0.579. The fraction of sp³-hybridized carbons (Fsp3) is 0.615. The van der Waals surface area contributed by atoms with E-state index < -0.39 is 11.7 Å². The summed E-state index contributed by atoms with van der Waals surface area (Å²) in [7, 11) is 0. The zero-order valence-corrected chi connectivity index (χ0v) is 13.8. The van der Waals surface area contributed by atoms with Gasteiger partial charge in [-0.25, -0.2) is 9.78 Å². The largest absolute Gasteiger partial charge is 0.485 e. The number of anilines is 1. The fourth-order valence-corrected chi connectivity index (χ4v) is 2.38. The molecular formula is C13H17Cl2N3O3. The third-order valence-corrected chi connectivity index (χ3v) is 3.28. The van der Waals surface area contributed by atoms with E-state index in [4.69, 9.17) is 32.7 Å². The minimum atomic E-state index is -0.617. The molecule has 0 saturated heterocycles. The maximum Gasteiger partial charge on any atom is 0.416 e. The molecule has 0 fully saturated rings. The molecule has 2 heterocycles. The van der Waals surface area contributed by atoms with E-state index in [2.05, 4.69) is 9.97 Å². The van der Waals surface area contributed by atoms with Gasteiger partial charge in [0.2, 0.25) is 5.28 Å². The number of ether oxygens (including phenoxy) is 2. The molecular weight excluding hydrogens is 317 g/mol. The molecule has 1 atom stereocenters. The van der Waals surface area contributed by atoms with Crippen molar-refractivity contribution in [2.24, 2.45) is 0 Å². The second-order valence-corrected chi connectivity index (χ2v) is 6.36. The number of halogens is 2. The lowest BCUT2D eigenvalue weighted by Crippen LogP contribution is -2.49. The van der Waals surface area contributed by atoms with Crippen LogP contribution in [0.4, 0.5) is 10.6 Å². The molecule has 0 spiro atoms. The third kappa shape index (κ3) is 3.49. The van der Waals surface area contributed by atoms with E-state index in [-0.39, 0.29) is 28.0 Å². The van der Waals surface area contributed by atoms with Crippen molar-refractivity contribution in [2.45, 2.75) is 45.8 Å². The Morgan fingerprint density at radius 3 is 2.67 bits per heavy atom. The van der Waals surface area contributed by atoms with E-state index in [1.54, 1.807) is 20.8 Å². The van der Waals surface area contributed by atoms with Gasteiger partial charge in [0.25, 0.3) is 0 Å². The molecule has 21 heavy (non-hydrogen) atoms.